The van der Waals surface area contributed by atoms with E-state index in [0.717, 1.165) is 29.5 Å². The third-order valence-corrected chi connectivity index (χ3v) is 4.20. The highest BCUT2D eigenvalue weighted by molar-refractivity contribution is 6.01. The van der Waals surface area contributed by atoms with Gasteiger partial charge in [-0.2, -0.15) is 0 Å². The molecule has 106 valence electrons. The number of hydrogen-bond donors (Lipinski definition) is 1. The Balaban J connectivity index is 2.23. The van der Waals surface area contributed by atoms with Gasteiger partial charge in [-0.1, -0.05) is 54.6 Å². The molecule has 1 unspecified atom stereocenters. The lowest BCUT2D eigenvalue weighted by Gasteiger charge is -2.26. The summed E-state index contributed by atoms with van der Waals surface area (Å²) in [6, 6.07) is 18.3. The number of hydrogen-bond acceptors (Lipinski definition) is 1. The third-order valence-electron chi connectivity index (χ3n) is 4.20. The molecule has 1 N–H and O–H groups in total. The van der Waals surface area contributed by atoms with Crippen LogP contribution in [0.25, 0.3) is 11.1 Å². The normalized spacial score (nSPS) is 15.5. The highest BCUT2D eigenvalue weighted by atomic mass is 16.4. The van der Waals surface area contributed by atoms with Crippen LogP contribution in [0.3, 0.4) is 0 Å². The minimum absolute atomic E-state index is 0.498. The number of allylic oxidation sites excluding steroid dienone is 1. The molecular weight excluding hydrogens is 260 g/mol. The molecule has 0 aromatic heterocycles. The van der Waals surface area contributed by atoms with Gasteiger partial charge in [-0.25, -0.2) is 0 Å². The number of carboxylic acid groups (broad SMARTS) is 1. The van der Waals surface area contributed by atoms with E-state index in [1.54, 1.807) is 6.92 Å². The molecule has 2 aromatic carbocycles. The number of rotatable bonds is 3. The Morgan fingerprint density at radius 3 is 2.38 bits per heavy atom. The number of carboxylic acids is 1. The quantitative estimate of drug-likeness (QED) is 0.910. The topological polar surface area (TPSA) is 37.3 Å². The Labute approximate surface area is 124 Å². The fourth-order valence-corrected chi connectivity index (χ4v) is 3.12. The largest absolute Gasteiger partial charge is 0.481 e. The van der Waals surface area contributed by atoms with Gasteiger partial charge in [0.25, 0.3) is 0 Å². The second kappa shape index (κ2) is 5.57. The van der Waals surface area contributed by atoms with Gasteiger partial charge in [0.15, 0.2) is 0 Å². The van der Waals surface area contributed by atoms with Crippen molar-refractivity contribution in [3.8, 4) is 0 Å². The van der Waals surface area contributed by atoms with Crippen molar-refractivity contribution in [2.24, 2.45) is 5.92 Å². The van der Waals surface area contributed by atoms with Gasteiger partial charge in [-0.15, -0.1) is 0 Å². The minimum atomic E-state index is -0.768. The Morgan fingerprint density at radius 1 is 1.00 bits per heavy atom. The van der Waals surface area contributed by atoms with Crippen molar-refractivity contribution in [1.82, 2.24) is 0 Å². The molecule has 2 aromatic rings. The Kier molecular flexibility index (Phi) is 3.61. The average molecular weight is 278 g/mol. The summed E-state index contributed by atoms with van der Waals surface area (Å²) in [7, 11) is 0. The van der Waals surface area contributed by atoms with Crippen molar-refractivity contribution < 1.29 is 9.90 Å². The first-order valence-corrected chi connectivity index (χ1v) is 7.28. The molecule has 0 amide bonds. The lowest BCUT2D eigenvalue weighted by atomic mass is 9.78. The van der Waals surface area contributed by atoms with Gasteiger partial charge in [-0.05, 0) is 47.6 Å². The minimum Gasteiger partial charge on any atom is -0.481 e. The first kappa shape index (κ1) is 13.6. The fraction of sp³-hybridized carbons (Fsp3) is 0.211. The first-order valence-electron chi connectivity index (χ1n) is 7.28. The van der Waals surface area contributed by atoms with Crippen LogP contribution in [0, 0.1) is 5.92 Å². The van der Waals surface area contributed by atoms with Gasteiger partial charge in [0.1, 0.15) is 0 Å². The smallest absolute Gasteiger partial charge is 0.310 e. The maximum atomic E-state index is 11.6. The molecule has 1 aliphatic rings. The van der Waals surface area contributed by atoms with Crippen LogP contribution in [-0.4, -0.2) is 11.1 Å². The van der Waals surface area contributed by atoms with E-state index in [1.165, 1.54) is 11.1 Å². The average Bonchev–Trinajstić information content (AvgIpc) is 2.53. The molecule has 2 heteroatoms. The SMILES string of the molecule is CC(C(=O)O)C1=C(c2ccccc2)CCc2ccccc21. The van der Waals surface area contributed by atoms with E-state index >= 15 is 0 Å². The van der Waals surface area contributed by atoms with E-state index in [2.05, 4.69) is 18.2 Å². The molecular formula is C19H18O2. The highest BCUT2D eigenvalue weighted by Gasteiger charge is 2.27. The van der Waals surface area contributed by atoms with Crippen molar-refractivity contribution in [1.29, 1.82) is 0 Å². The third kappa shape index (κ3) is 2.49. The van der Waals surface area contributed by atoms with Crippen LogP contribution < -0.4 is 0 Å². The molecule has 0 heterocycles. The zero-order chi connectivity index (χ0) is 14.8. The van der Waals surface area contributed by atoms with E-state index in [9.17, 15) is 9.90 Å². The van der Waals surface area contributed by atoms with Crippen LogP contribution in [0.1, 0.15) is 30.0 Å². The Morgan fingerprint density at radius 2 is 1.67 bits per heavy atom. The van der Waals surface area contributed by atoms with Gasteiger partial charge >= 0.3 is 5.97 Å². The van der Waals surface area contributed by atoms with Crippen LogP contribution in [-0.2, 0) is 11.2 Å². The summed E-state index contributed by atoms with van der Waals surface area (Å²) in [5.41, 5.74) is 5.62. The molecule has 0 fully saturated rings. The van der Waals surface area contributed by atoms with Crippen molar-refractivity contribution in [3.63, 3.8) is 0 Å². The zero-order valence-electron chi connectivity index (χ0n) is 12.0. The van der Waals surface area contributed by atoms with Crippen LogP contribution in [0.5, 0.6) is 0 Å². The lowest BCUT2D eigenvalue weighted by Crippen LogP contribution is -2.17. The zero-order valence-corrected chi connectivity index (χ0v) is 12.0. The Bertz CT molecular complexity index is 699. The van der Waals surface area contributed by atoms with E-state index in [0.29, 0.717) is 0 Å². The fourth-order valence-electron chi connectivity index (χ4n) is 3.12. The summed E-state index contributed by atoms with van der Waals surface area (Å²) in [4.78, 5) is 11.6. The molecule has 0 radical (unpaired) electrons. The second-order valence-electron chi connectivity index (χ2n) is 5.48. The van der Waals surface area contributed by atoms with Crippen molar-refractivity contribution in [3.05, 3.63) is 71.3 Å². The molecule has 21 heavy (non-hydrogen) atoms. The van der Waals surface area contributed by atoms with Gasteiger partial charge in [0, 0.05) is 0 Å². The van der Waals surface area contributed by atoms with Crippen LogP contribution in [0.15, 0.2) is 54.6 Å². The van der Waals surface area contributed by atoms with E-state index < -0.39 is 11.9 Å². The van der Waals surface area contributed by atoms with Crippen molar-refractivity contribution in [2.45, 2.75) is 19.8 Å². The van der Waals surface area contributed by atoms with Gasteiger partial charge in [-0.3, -0.25) is 4.79 Å². The first-order chi connectivity index (χ1) is 10.2. The number of benzene rings is 2. The Hall–Kier alpha value is -2.35. The number of aryl methyl sites for hydroxylation is 1. The molecule has 0 saturated carbocycles. The summed E-state index contributed by atoms with van der Waals surface area (Å²) in [5.74, 6) is -1.27. The second-order valence-corrected chi connectivity index (χ2v) is 5.48. The van der Waals surface area contributed by atoms with Crippen LogP contribution in [0.4, 0.5) is 0 Å². The molecule has 1 atom stereocenters. The van der Waals surface area contributed by atoms with E-state index in [4.69, 9.17) is 0 Å². The van der Waals surface area contributed by atoms with Gasteiger partial charge in [0.2, 0.25) is 0 Å². The molecule has 0 spiro atoms. The van der Waals surface area contributed by atoms with Gasteiger partial charge in [0.05, 0.1) is 5.92 Å². The summed E-state index contributed by atoms with van der Waals surface area (Å²) in [5, 5.41) is 9.49. The number of fused-ring (bicyclic) bond motifs is 1. The molecule has 2 nitrogen and oxygen atoms in total. The predicted molar refractivity (Wildman–Crippen MR) is 84.8 cm³/mol. The summed E-state index contributed by atoms with van der Waals surface area (Å²) in [6.45, 7) is 1.78. The van der Waals surface area contributed by atoms with Crippen molar-refractivity contribution in [2.75, 3.05) is 0 Å². The maximum Gasteiger partial charge on any atom is 0.310 e. The monoisotopic (exact) mass is 278 g/mol. The summed E-state index contributed by atoms with van der Waals surface area (Å²) >= 11 is 0. The molecule has 3 rings (SSSR count). The summed E-state index contributed by atoms with van der Waals surface area (Å²) in [6.07, 6.45) is 1.87. The molecule has 0 aliphatic heterocycles. The van der Waals surface area contributed by atoms with Crippen molar-refractivity contribution >= 4 is 17.1 Å². The lowest BCUT2D eigenvalue weighted by molar-refractivity contribution is -0.139. The van der Waals surface area contributed by atoms with Gasteiger partial charge < -0.3 is 5.11 Å². The maximum absolute atomic E-state index is 11.6. The standard InChI is InChI=1S/C19H18O2/c1-13(19(20)21)18-16-10-6-5-9-15(16)11-12-17(18)14-7-3-2-4-8-14/h2-10,13H,11-12H2,1H3,(H,20,21). The van der Waals surface area contributed by atoms with Crippen LogP contribution in [0.2, 0.25) is 0 Å². The van der Waals surface area contributed by atoms with Crippen LogP contribution >= 0.6 is 0 Å². The molecule has 1 aliphatic carbocycles. The number of aliphatic carboxylic acids is 1. The summed E-state index contributed by atoms with van der Waals surface area (Å²) < 4.78 is 0. The highest BCUT2D eigenvalue weighted by Crippen LogP contribution is 2.40. The number of carbonyl (C=O) groups is 1. The predicted octanol–water partition coefficient (Wildman–Crippen LogP) is 4.26. The van der Waals surface area contributed by atoms with E-state index in [-0.39, 0.29) is 0 Å². The van der Waals surface area contributed by atoms with E-state index in [1.807, 2.05) is 36.4 Å². The molecule has 0 bridgehead atoms. The molecule has 0 saturated heterocycles.